The van der Waals surface area contributed by atoms with Gasteiger partial charge in [0, 0.05) is 29.6 Å². The third-order valence-corrected chi connectivity index (χ3v) is 5.03. The van der Waals surface area contributed by atoms with E-state index in [9.17, 15) is 14.4 Å². The Kier molecular flexibility index (Phi) is 6.41. The highest BCUT2D eigenvalue weighted by Gasteiger charge is 2.36. The number of fused-ring (bicyclic) bond motifs is 1. The first-order chi connectivity index (χ1) is 13.5. The number of amides is 4. The second-order valence-electron chi connectivity index (χ2n) is 6.36. The fourth-order valence-corrected chi connectivity index (χ4v) is 3.44. The van der Waals surface area contributed by atoms with E-state index in [4.69, 9.17) is 4.74 Å². The van der Waals surface area contributed by atoms with Crippen molar-refractivity contribution in [3.05, 3.63) is 52.5 Å². The highest BCUT2D eigenvalue weighted by atomic mass is 79.9. The first-order valence-electron chi connectivity index (χ1n) is 8.87. The van der Waals surface area contributed by atoms with Crippen LogP contribution >= 0.6 is 15.9 Å². The highest BCUT2D eigenvalue weighted by Crippen LogP contribution is 2.25. The standard InChI is InChI=1S/C20H20BrN3O4/c1-28-17-6-3-2-5-13(17)12-22-18(25)7-4-10-24-19(26)15-11-14(21)8-9-16(15)23-20(24)27/h2-3,5-6,8-9,11,15H,4,7,10,12H2,1H3,(H,22,25). The van der Waals surface area contributed by atoms with E-state index in [0.717, 1.165) is 14.9 Å². The predicted molar refractivity (Wildman–Crippen MR) is 108 cm³/mol. The number of carbonyl (C=O) groups is 3. The van der Waals surface area contributed by atoms with Crippen molar-refractivity contribution in [1.82, 2.24) is 10.2 Å². The van der Waals surface area contributed by atoms with Gasteiger partial charge < -0.3 is 10.1 Å². The summed E-state index contributed by atoms with van der Waals surface area (Å²) in [4.78, 5) is 41.9. The minimum absolute atomic E-state index is 0.155. The number of nitrogens with zero attached hydrogens (tertiary/aromatic N) is 2. The van der Waals surface area contributed by atoms with Crippen molar-refractivity contribution in [2.24, 2.45) is 10.9 Å². The van der Waals surface area contributed by atoms with Crippen LogP contribution in [0.1, 0.15) is 18.4 Å². The molecule has 7 nitrogen and oxygen atoms in total. The van der Waals surface area contributed by atoms with Crippen molar-refractivity contribution >= 4 is 39.5 Å². The zero-order valence-electron chi connectivity index (χ0n) is 15.4. The number of allylic oxidation sites excluding steroid dienone is 3. The number of urea groups is 1. The summed E-state index contributed by atoms with van der Waals surface area (Å²) in [6.07, 6.45) is 5.70. The lowest BCUT2D eigenvalue weighted by Gasteiger charge is -2.28. The van der Waals surface area contributed by atoms with Crippen LogP contribution in [-0.4, -0.2) is 42.1 Å². The number of ether oxygens (including phenoxy) is 1. The van der Waals surface area contributed by atoms with Crippen molar-refractivity contribution in [2.45, 2.75) is 19.4 Å². The number of methoxy groups -OCH3 is 1. The molecule has 8 heteroatoms. The second kappa shape index (κ2) is 8.97. The van der Waals surface area contributed by atoms with E-state index in [1.54, 1.807) is 25.3 Å². The number of nitrogens with one attached hydrogen (secondary N) is 1. The molecule has 146 valence electrons. The van der Waals surface area contributed by atoms with E-state index < -0.39 is 11.9 Å². The molecule has 3 rings (SSSR count). The van der Waals surface area contributed by atoms with Crippen LogP contribution in [0.4, 0.5) is 4.79 Å². The Hall–Kier alpha value is -2.74. The average molecular weight is 446 g/mol. The number of hydrogen-bond acceptors (Lipinski definition) is 4. The monoisotopic (exact) mass is 445 g/mol. The molecule has 1 aliphatic heterocycles. The molecule has 1 unspecified atom stereocenters. The van der Waals surface area contributed by atoms with Crippen LogP contribution < -0.4 is 10.1 Å². The van der Waals surface area contributed by atoms with E-state index in [1.165, 1.54) is 0 Å². The highest BCUT2D eigenvalue weighted by molar-refractivity contribution is 9.11. The molecule has 2 aliphatic rings. The van der Waals surface area contributed by atoms with Gasteiger partial charge in [-0.25, -0.2) is 4.79 Å². The molecule has 0 aromatic heterocycles. The zero-order chi connectivity index (χ0) is 20.1. The quantitative estimate of drug-likeness (QED) is 0.698. The predicted octanol–water partition coefficient (Wildman–Crippen LogP) is 2.96. The molecule has 1 aromatic carbocycles. The Labute approximate surface area is 171 Å². The average Bonchev–Trinajstić information content (AvgIpc) is 2.69. The summed E-state index contributed by atoms with van der Waals surface area (Å²) in [5.41, 5.74) is 1.33. The van der Waals surface area contributed by atoms with Gasteiger partial charge in [-0.05, 0) is 24.6 Å². The van der Waals surface area contributed by atoms with E-state index in [-0.39, 0.29) is 24.8 Å². The molecule has 0 spiro atoms. The molecule has 1 aromatic rings. The Bertz CT molecular complexity index is 891. The Morgan fingerprint density at radius 3 is 2.86 bits per heavy atom. The van der Waals surface area contributed by atoms with Gasteiger partial charge in [-0.2, -0.15) is 4.99 Å². The molecule has 0 saturated carbocycles. The summed E-state index contributed by atoms with van der Waals surface area (Å²) in [7, 11) is 1.58. The Morgan fingerprint density at radius 2 is 2.07 bits per heavy atom. The first-order valence-corrected chi connectivity index (χ1v) is 9.67. The van der Waals surface area contributed by atoms with Crippen LogP contribution in [0.2, 0.25) is 0 Å². The smallest absolute Gasteiger partial charge is 0.350 e. The number of halogens is 1. The molecule has 1 heterocycles. The van der Waals surface area contributed by atoms with Gasteiger partial charge in [0.05, 0.1) is 12.8 Å². The van der Waals surface area contributed by atoms with Crippen molar-refractivity contribution in [1.29, 1.82) is 0 Å². The molecular weight excluding hydrogens is 426 g/mol. The second-order valence-corrected chi connectivity index (χ2v) is 7.28. The first kappa shape index (κ1) is 20.0. The molecule has 0 radical (unpaired) electrons. The number of imide groups is 1. The zero-order valence-corrected chi connectivity index (χ0v) is 16.9. The van der Waals surface area contributed by atoms with Crippen LogP contribution in [0.15, 0.2) is 52.0 Å². The number of rotatable bonds is 7. The van der Waals surface area contributed by atoms with Gasteiger partial charge in [-0.3, -0.25) is 14.5 Å². The third kappa shape index (κ3) is 4.56. The van der Waals surface area contributed by atoms with Crippen LogP contribution in [0.25, 0.3) is 0 Å². The molecule has 1 aliphatic carbocycles. The number of aliphatic imine (C=N–C) groups is 1. The Morgan fingerprint density at radius 1 is 1.29 bits per heavy atom. The summed E-state index contributed by atoms with van der Waals surface area (Å²) < 4.78 is 6.03. The van der Waals surface area contributed by atoms with Crippen molar-refractivity contribution in [3.8, 4) is 5.75 Å². The third-order valence-electron chi connectivity index (χ3n) is 4.50. The van der Waals surface area contributed by atoms with Gasteiger partial charge in [0.25, 0.3) is 0 Å². The molecule has 4 amide bonds. The van der Waals surface area contributed by atoms with E-state index in [2.05, 4.69) is 26.2 Å². The summed E-state index contributed by atoms with van der Waals surface area (Å²) in [5.74, 6) is -0.320. The summed E-state index contributed by atoms with van der Waals surface area (Å²) in [6, 6.07) is 6.86. The van der Waals surface area contributed by atoms with Gasteiger partial charge in [0.15, 0.2) is 0 Å². The number of carbonyl (C=O) groups excluding carboxylic acids is 3. The lowest BCUT2D eigenvalue weighted by Crippen LogP contribution is -2.46. The number of benzene rings is 1. The van der Waals surface area contributed by atoms with Crippen LogP contribution in [-0.2, 0) is 16.1 Å². The number of hydrogen-bond donors (Lipinski definition) is 1. The maximum Gasteiger partial charge on any atom is 0.350 e. The lowest BCUT2D eigenvalue weighted by atomic mass is 9.95. The molecule has 0 saturated heterocycles. The van der Waals surface area contributed by atoms with Crippen LogP contribution in [0, 0.1) is 5.92 Å². The lowest BCUT2D eigenvalue weighted by molar-refractivity contribution is -0.130. The minimum atomic E-state index is -0.582. The maximum atomic E-state index is 12.6. The minimum Gasteiger partial charge on any atom is -0.496 e. The molecule has 0 fully saturated rings. The topological polar surface area (TPSA) is 88.1 Å². The van der Waals surface area contributed by atoms with Crippen LogP contribution in [0.5, 0.6) is 5.75 Å². The molecule has 1 N–H and O–H groups in total. The molecule has 28 heavy (non-hydrogen) atoms. The fraction of sp³-hybridized carbons (Fsp3) is 0.300. The maximum absolute atomic E-state index is 12.6. The SMILES string of the molecule is COc1ccccc1CNC(=O)CCCN1C(=O)N=C2C=CC(Br)=CC2C1=O. The van der Waals surface area contributed by atoms with Crippen molar-refractivity contribution in [2.75, 3.05) is 13.7 Å². The molecule has 1 atom stereocenters. The van der Waals surface area contributed by atoms with Gasteiger partial charge in [0.1, 0.15) is 11.7 Å². The van der Waals surface area contributed by atoms with Gasteiger partial charge in [-0.15, -0.1) is 0 Å². The van der Waals surface area contributed by atoms with E-state index >= 15 is 0 Å². The van der Waals surface area contributed by atoms with Crippen molar-refractivity contribution in [3.63, 3.8) is 0 Å². The summed E-state index contributed by atoms with van der Waals surface area (Å²) in [5, 5.41) is 2.83. The summed E-state index contributed by atoms with van der Waals surface area (Å²) >= 11 is 3.33. The van der Waals surface area contributed by atoms with Gasteiger partial charge in [0.2, 0.25) is 11.8 Å². The normalized spacial score (nSPS) is 18.4. The van der Waals surface area contributed by atoms with Gasteiger partial charge in [-0.1, -0.05) is 40.2 Å². The largest absolute Gasteiger partial charge is 0.496 e. The van der Waals surface area contributed by atoms with Crippen molar-refractivity contribution < 1.29 is 19.1 Å². The van der Waals surface area contributed by atoms with Crippen LogP contribution in [0.3, 0.4) is 0 Å². The molecular formula is C20H20BrN3O4. The molecule has 0 bridgehead atoms. The summed E-state index contributed by atoms with van der Waals surface area (Å²) in [6.45, 7) is 0.507. The fourth-order valence-electron chi connectivity index (χ4n) is 3.04. The number of para-hydroxylation sites is 1. The van der Waals surface area contributed by atoms with E-state index in [0.29, 0.717) is 24.4 Å². The van der Waals surface area contributed by atoms with E-state index in [1.807, 2.05) is 24.3 Å². The van der Waals surface area contributed by atoms with Gasteiger partial charge >= 0.3 is 6.03 Å². The Balaban J connectivity index is 1.50.